The van der Waals surface area contributed by atoms with E-state index in [2.05, 4.69) is 5.32 Å². The average Bonchev–Trinajstić information content (AvgIpc) is 2.36. The van der Waals surface area contributed by atoms with Crippen LogP contribution >= 0.6 is 0 Å². The van der Waals surface area contributed by atoms with Gasteiger partial charge in [-0.05, 0) is 30.2 Å². The number of hydrogen-bond acceptors (Lipinski definition) is 3. The number of ether oxygens (including phenoxy) is 1. The van der Waals surface area contributed by atoms with E-state index in [1.807, 2.05) is 13.8 Å². The van der Waals surface area contributed by atoms with Gasteiger partial charge in [-0.2, -0.15) is 0 Å². The quantitative estimate of drug-likeness (QED) is 0.838. The van der Waals surface area contributed by atoms with Crippen molar-refractivity contribution in [2.75, 3.05) is 20.2 Å². The van der Waals surface area contributed by atoms with E-state index >= 15 is 0 Å². The van der Waals surface area contributed by atoms with Crippen LogP contribution in [0.3, 0.4) is 0 Å². The van der Waals surface area contributed by atoms with Gasteiger partial charge < -0.3 is 15.8 Å². The van der Waals surface area contributed by atoms with Gasteiger partial charge in [0.05, 0.1) is 7.11 Å². The van der Waals surface area contributed by atoms with Gasteiger partial charge in [-0.3, -0.25) is 4.79 Å². The number of halogens is 1. The molecule has 0 bridgehead atoms. The number of nitrogens with one attached hydrogen (secondary N) is 1. The summed E-state index contributed by atoms with van der Waals surface area (Å²) < 4.78 is 18.0. The molecule has 18 heavy (non-hydrogen) atoms. The minimum absolute atomic E-state index is 0.0562. The molecule has 0 heterocycles. The Morgan fingerprint density at radius 1 is 1.50 bits per heavy atom. The molecule has 1 aromatic rings. The van der Waals surface area contributed by atoms with Gasteiger partial charge in [0.1, 0.15) is 0 Å². The van der Waals surface area contributed by atoms with Crippen molar-refractivity contribution in [2.24, 2.45) is 11.1 Å². The lowest BCUT2D eigenvalue weighted by Gasteiger charge is -2.22. The van der Waals surface area contributed by atoms with E-state index < -0.39 is 5.82 Å². The van der Waals surface area contributed by atoms with E-state index in [0.29, 0.717) is 18.7 Å². The summed E-state index contributed by atoms with van der Waals surface area (Å²) in [4.78, 5) is 11.9. The summed E-state index contributed by atoms with van der Waals surface area (Å²) in [6, 6.07) is 4.00. The summed E-state index contributed by atoms with van der Waals surface area (Å²) in [5.41, 5.74) is 5.77. The van der Waals surface area contributed by atoms with Crippen LogP contribution < -0.4 is 15.8 Å². The molecule has 1 rings (SSSR count). The van der Waals surface area contributed by atoms with Crippen molar-refractivity contribution in [3.8, 4) is 5.75 Å². The minimum atomic E-state index is -0.490. The van der Waals surface area contributed by atoms with E-state index in [1.54, 1.807) is 0 Å². The average molecular weight is 254 g/mol. The highest BCUT2D eigenvalue weighted by atomic mass is 19.1. The first-order chi connectivity index (χ1) is 8.39. The van der Waals surface area contributed by atoms with Gasteiger partial charge in [0.25, 0.3) is 5.91 Å². The van der Waals surface area contributed by atoms with Crippen molar-refractivity contribution in [3.63, 3.8) is 0 Å². The monoisotopic (exact) mass is 254 g/mol. The Balaban J connectivity index is 2.73. The smallest absolute Gasteiger partial charge is 0.251 e. The number of carbonyl (C=O) groups is 1. The number of rotatable bonds is 5. The molecule has 0 aliphatic rings. The normalized spacial score (nSPS) is 11.2. The highest BCUT2D eigenvalue weighted by Gasteiger charge is 2.17. The molecule has 0 radical (unpaired) electrons. The highest BCUT2D eigenvalue weighted by Crippen LogP contribution is 2.18. The Labute approximate surface area is 106 Å². The van der Waals surface area contributed by atoms with Gasteiger partial charge >= 0.3 is 0 Å². The van der Waals surface area contributed by atoms with Crippen LogP contribution in [0.1, 0.15) is 24.2 Å². The molecule has 0 unspecified atom stereocenters. The van der Waals surface area contributed by atoms with E-state index in [-0.39, 0.29) is 17.1 Å². The highest BCUT2D eigenvalue weighted by molar-refractivity contribution is 5.94. The van der Waals surface area contributed by atoms with Gasteiger partial charge in [-0.25, -0.2) is 4.39 Å². The lowest BCUT2D eigenvalue weighted by Crippen LogP contribution is -2.38. The van der Waals surface area contributed by atoms with Crippen LogP contribution in [-0.4, -0.2) is 26.1 Å². The van der Waals surface area contributed by atoms with Crippen LogP contribution in [0.4, 0.5) is 4.39 Å². The second-order valence-corrected chi connectivity index (χ2v) is 4.90. The van der Waals surface area contributed by atoms with Crippen LogP contribution in [0, 0.1) is 11.2 Å². The molecule has 0 saturated heterocycles. The Bertz CT molecular complexity index is 433. The number of methoxy groups -OCH3 is 1. The molecule has 1 aromatic carbocycles. The summed E-state index contributed by atoms with van der Waals surface area (Å²) >= 11 is 0. The molecule has 0 atom stereocenters. The lowest BCUT2D eigenvalue weighted by atomic mass is 9.94. The number of benzene rings is 1. The number of amides is 1. The summed E-state index contributed by atoms with van der Waals surface area (Å²) in [5.74, 6) is -0.702. The van der Waals surface area contributed by atoms with Crippen molar-refractivity contribution in [3.05, 3.63) is 29.6 Å². The first-order valence-corrected chi connectivity index (χ1v) is 5.71. The predicted molar refractivity (Wildman–Crippen MR) is 68.1 cm³/mol. The van der Waals surface area contributed by atoms with E-state index in [0.717, 1.165) is 0 Å². The van der Waals surface area contributed by atoms with Crippen molar-refractivity contribution >= 4 is 5.91 Å². The van der Waals surface area contributed by atoms with Crippen LogP contribution in [0.15, 0.2) is 18.2 Å². The number of carbonyl (C=O) groups excluding carboxylic acids is 1. The molecule has 3 N–H and O–H groups in total. The second kappa shape index (κ2) is 5.82. The van der Waals surface area contributed by atoms with Crippen LogP contribution in [0.25, 0.3) is 0 Å². The van der Waals surface area contributed by atoms with Crippen LogP contribution in [-0.2, 0) is 0 Å². The third kappa shape index (κ3) is 3.70. The fourth-order valence-corrected chi connectivity index (χ4v) is 1.29. The molecule has 0 aliphatic carbocycles. The van der Waals surface area contributed by atoms with Crippen LogP contribution in [0.5, 0.6) is 5.75 Å². The second-order valence-electron chi connectivity index (χ2n) is 4.90. The van der Waals surface area contributed by atoms with Gasteiger partial charge in [-0.15, -0.1) is 0 Å². The molecular weight excluding hydrogens is 235 g/mol. The summed E-state index contributed by atoms with van der Waals surface area (Å²) in [7, 11) is 1.36. The van der Waals surface area contributed by atoms with Crippen molar-refractivity contribution in [1.82, 2.24) is 5.32 Å². The molecule has 4 nitrogen and oxygen atoms in total. The first-order valence-electron chi connectivity index (χ1n) is 5.71. The molecule has 0 aliphatic heterocycles. The zero-order valence-corrected chi connectivity index (χ0v) is 10.9. The standard InChI is InChI=1S/C13H19FN2O2/c1-13(2,7-15)8-16-12(17)9-4-5-10(14)11(6-9)18-3/h4-6H,7-8,15H2,1-3H3,(H,16,17). The topological polar surface area (TPSA) is 64.3 Å². The first kappa shape index (κ1) is 14.4. The van der Waals surface area contributed by atoms with Crippen LogP contribution in [0.2, 0.25) is 0 Å². The predicted octanol–water partition coefficient (Wildman–Crippen LogP) is 1.55. The fourth-order valence-electron chi connectivity index (χ4n) is 1.29. The largest absolute Gasteiger partial charge is 0.494 e. The van der Waals surface area contributed by atoms with Gasteiger partial charge in [0, 0.05) is 12.1 Å². The van der Waals surface area contributed by atoms with Gasteiger partial charge in [0.2, 0.25) is 0 Å². The minimum Gasteiger partial charge on any atom is -0.494 e. The summed E-state index contributed by atoms with van der Waals surface area (Å²) in [6.07, 6.45) is 0. The Hall–Kier alpha value is -1.62. The Kier molecular flexibility index (Phi) is 4.67. The summed E-state index contributed by atoms with van der Waals surface area (Å²) in [6.45, 7) is 4.85. The maximum atomic E-state index is 13.2. The molecule has 1 amide bonds. The maximum absolute atomic E-state index is 13.2. The van der Waals surface area contributed by atoms with E-state index in [1.165, 1.54) is 25.3 Å². The molecule has 0 aromatic heterocycles. The zero-order valence-electron chi connectivity index (χ0n) is 10.9. The SMILES string of the molecule is COc1cc(C(=O)NCC(C)(C)CN)ccc1F. The molecular formula is C13H19FN2O2. The fraction of sp³-hybridized carbons (Fsp3) is 0.462. The third-order valence-corrected chi connectivity index (χ3v) is 2.69. The molecule has 0 spiro atoms. The van der Waals surface area contributed by atoms with E-state index in [9.17, 15) is 9.18 Å². The Morgan fingerprint density at radius 3 is 2.72 bits per heavy atom. The van der Waals surface area contributed by atoms with Crippen molar-refractivity contribution in [2.45, 2.75) is 13.8 Å². The zero-order chi connectivity index (χ0) is 13.8. The maximum Gasteiger partial charge on any atom is 0.251 e. The molecule has 100 valence electrons. The molecule has 0 fully saturated rings. The van der Waals surface area contributed by atoms with Crippen molar-refractivity contribution < 1.29 is 13.9 Å². The Morgan fingerprint density at radius 2 is 2.17 bits per heavy atom. The van der Waals surface area contributed by atoms with Crippen molar-refractivity contribution in [1.29, 1.82) is 0 Å². The third-order valence-electron chi connectivity index (χ3n) is 2.69. The van der Waals surface area contributed by atoms with Gasteiger partial charge in [0.15, 0.2) is 11.6 Å². The summed E-state index contributed by atoms with van der Waals surface area (Å²) in [5, 5.41) is 2.76. The number of hydrogen-bond donors (Lipinski definition) is 2. The van der Waals surface area contributed by atoms with Gasteiger partial charge in [-0.1, -0.05) is 13.8 Å². The molecule has 0 saturated carbocycles. The lowest BCUT2D eigenvalue weighted by molar-refractivity contribution is 0.0937. The molecule has 5 heteroatoms. The number of nitrogens with two attached hydrogens (primary N) is 1. The van der Waals surface area contributed by atoms with E-state index in [4.69, 9.17) is 10.5 Å².